The quantitative estimate of drug-likeness (QED) is 0.163. The first kappa shape index (κ1) is 24.3. The molecule has 0 N–H and O–H groups in total. The Balaban J connectivity index is 2.05. The van der Waals surface area contributed by atoms with Gasteiger partial charge in [0.25, 0.3) is 0 Å². The molecule has 4 rings (SSSR count). The molecule has 4 aromatic rings. The molecule has 8 heteroatoms. The minimum absolute atomic E-state index is 0.142. The number of carbonyl (C=O) groups excluding carboxylic acids is 1. The van der Waals surface area contributed by atoms with Crippen LogP contribution in [0.25, 0.3) is 10.7 Å². The zero-order valence-corrected chi connectivity index (χ0v) is 19.6. The third-order valence-electron chi connectivity index (χ3n) is 5.01. The number of halogens is 3. The molecular formula is C27H17ClF2O4S. The molecule has 0 aliphatic carbocycles. The van der Waals surface area contributed by atoms with Gasteiger partial charge in [-0.15, -0.1) is 0 Å². The fraction of sp³-hybridized carbons (Fsp3) is 0. The van der Waals surface area contributed by atoms with E-state index in [0.717, 1.165) is 18.2 Å². The summed E-state index contributed by atoms with van der Waals surface area (Å²) in [7, 11) is -4.55. The highest BCUT2D eigenvalue weighted by Gasteiger charge is 2.32. The monoisotopic (exact) mass is 510 g/mol. The Morgan fingerprint density at radius 2 is 1.31 bits per heavy atom. The fourth-order valence-electron chi connectivity index (χ4n) is 3.34. The van der Waals surface area contributed by atoms with Crippen LogP contribution in [0.3, 0.4) is 0 Å². The van der Waals surface area contributed by atoms with Gasteiger partial charge in [-0.3, -0.25) is 0 Å². The summed E-state index contributed by atoms with van der Waals surface area (Å²) < 4.78 is 62.6. The highest BCUT2D eigenvalue weighted by molar-refractivity contribution is 8.01. The molecule has 0 atom stereocenters. The minimum atomic E-state index is -4.55. The van der Waals surface area contributed by atoms with E-state index in [-0.39, 0.29) is 21.0 Å². The molecule has 0 aliphatic rings. The van der Waals surface area contributed by atoms with Gasteiger partial charge in [-0.05, 0) is 54.6 Å². The van der Waals surface area contributed by atoms with Crippen LogP contribution in [0.1, 0.15) is 21.5 Å². The lowest BCUT2D eigenvalue weighted by molar-refractivity contribution is 0.0693. The van der Waals surface area contributed by atoms with Gasteiger partial charge in [0.15, 0.2) is 5.76 Å². The molecule has 0 spiro atoms. The van der Waals surface area contributed by atoms with Crippen LogP contribution in [-0.2, 0) is 14.6 Å². The van der Waals surface area contributed by atoms with E-state index in [1.54, 1.807) is 36.4 Å². The standard InChI is InChI=1S/C27H17ClF2O4S/c28-20-11-14-22(15-12-20)35(32,33)26(23-17-21(29)13-16-24(23)30)25(18-7-3-1-4-8-18)34-27(31)19-9-5-2-6-10-19/h1-17H/b26-25+. The first-order chi connectivity index (χ1) is 16.8. The Kier molecular flexibility index (Phi) is 7.10. The molecule has 0 saturated carbocycles. The van der Waals surface area contributed by atoms with E-state index in [1.807, 2.05) is 0 Å². The Labute approximate surface area is 206 Å². The normalized spacial score (nSPS) is 12.1. The number of benzene rings is 4. The fourth-order valence-corrected chi connectivity index (χ4v) is 5.05. The van der Waals surface area contributed by atoms with Crippen LogP contribution in [0.5, 0.6) is 0 Å². The summed E-state index contributed by atoms with van der Waals surface area (Å²) in [5, 5.41) is 0.283. The van der Waals surface area contributed by atoms with E-state index >= 15 is 4.39 Å². The molecule has 0 aromatic heterocycles. The van der Waals surface area contributed by atoms with Crippen molar-refractivity contribution in [1.82, 2.24) is 0 Å². The first-order valence-electron chi connectivity index (χ1n) is 10.3. The van der Waals surface area contributed by atoms with E-state index in [2.05, 4.69) is 0 Å². The van der Waals surface area contributed by atoms with Gasteiger partial charge in [0, 0.05) is 16.1 Å². The van der Waals surface area contributed by atoms with Crippen molar-refractivity contribution in [3.8, 4) is 0 Å². The molecule has 0 heterocycles. The molecule has 0 fully saturated rings. The number of hydrogen-bond donors (Lipinski definition) is 0. The molecule has 0 amide bonds. The molecular weight excluding hydrogens is 494 g/mol. The lowest BCUT2D eigenvalue weighted by Crippen LogP contribution is -2.13. The summed E-state index contributed by atoms with van der Waals surface area (Å²) in [5.41, 5.74) is -0.267. The van der Waals surface area contributed by atoms with Crippen molar-refractivity contribution >= 4 is 38.1 Å². The van der Waals surface area contributed by atoms with Crippen molar-refractivity contribution in [1.29, 1.82) is 0 Å². The smallest absolute Gasteiger partial charge is 0.343 e. The molecule has 0 unspecified atom stereocenters. The lowest BCUT2D eigenvalue weighted by atomic mass is 10.1. The van der Waals surface area contributed by atoms with Crippen LogP contribution >= 0.6 is 11.6 Å². The Bertz CT molecular complexity index is 1500. The van der Waals surface area contributed by atoms with Crippen molar-refractivity contribution in [3.05, 3.63) is 136 Å². The van der Waals surface area contributed by atoms with Crippen molar-refractivity contribution in [2.75, 3.05) is 0 Å². The minimum Gasteiger partial charge on any atom is -0.421 e. The second-order valence-electron chi connectivity index (χ2n) is 7.36. The zero-order valence-electron chi connectivity index (χ0n) is 18.0. The molecule has 176 valence electrons. The predicted octanol–water partition coefficient (Wildman–Crippen LogP) is 6.77. The van der Waals surface area contributed by atoms with Crippen LogP contribution in [0.15, 0.2) is 108 Å². The number of rotatable bonds is 6. The van der Waals surface area contributed by atoms with Crippen molar-refractivity contribution in [2.45, 2.75) is 4.90 Å². The van der Waals surface area contributed by atoms with Crippen LogP contribution in [-0.4, -0.2) is 14.4 Å². The van der Waals surface area contributed by atoms with E-state index in [1.165, 1.54) is 48.5 Å². The van der Waals surface area contributed by atoms with Crippen LogP contribution in [0, 0.1) is 11.6 Å². The Hall–Kier alpha value is -3.81. The van der Waals surface area contributed by atoms with E-state index in [4.69, 9.17) is 16.3 Å². The topological polar surface area (TPSA) is 60.4 Å². The molecule has 35 heavy (non-hydrogen) atoms. The summed E-state index contributed by atoms with van der Waals surface area (Å²) in [6.45, 7) is 0. The van der Waals surface area contributed by atoms with Gasteiger partial charge in [0.05, 0.1) is 10.5 Å². The highest BCUT2D eigenvalue weighted by Crippen LogP contribution is 2.38. The highest BCUT2D eigenvalue weighted by atomic mass is 35.5. The third-order valence-corrected chi connectivity index (χ3v) is 7.10. The maximum absolute atomic E-state index is 15.0. The van der Waals surface area contributed by atoms with E-state index in [9.17, 15) is 17.6 Å². The van der Waals surface area contributed by atoms with Gasteiger partial charge < -0.3 is 4.74 Å². The number of hydrogen-bond acceptors (Lipinski definition) is 4. The molecule has 0 saturated heterocycles. The Morgan fingerprint density at radius 3 is 1.91 bits per heavy atom. The Morgan fingerprint density at radius 1 is 0.743 bits per heavy atom. The second-order valence-corrected chi connectivity index (χ2v) is 9.68. The second kappa shape index (κ2) is 10.2. The van der Waals surface area contributed by atoms with E-state index in [0.29, 0.717) is 0 Å². The van der Waals surface area contributed by atoms with Gasteiger partial charge in [0.2, 0.25) is 9.84 Å². The van der Waals surface area contributed by atoms with Gasteiger partial charge in [-0.25, -0.2) is 22.0 Å². The lowest BCUT2D eigenvalue weighted by Gasteiger charge is -2.17. The average Bonchev–Trinajstić information content (AvgIpc) is 2.87. The number of sulfone groups is 1. The maximum Gasteiger partial charge on any atom is 0.343 e. The largest absolute Gasteiger partial charge is 0.421 e. The van der Waals surface area contributed by atoms with Gasteiger partial charge in [-0.2, -0.15) is 0 Å². The molecule has 0 bridgehead atoms. The maximum atomic E-state index is 15.0. The van der Waals surface area contributed by atoms with Gasteiger partial charge in [0.1, 0.15) is 16.5 Å². The molecule has 4 aromatic carbocycles. The van der Waals surface area contributed by atoms with Crippen molar-refractivity contribution in [3.63, 3.8) is 0 Å². The number of carbonyl (C=O) groups is 1. The zero-order chi connectivity index (χ0) is 25.0. The summed E-state index contributed by atoms with van der Waals surface area (Å²) in [6, 6.07) is 23.4. The van der Waals surface area contributed by atoms with Crippen molar-refractivity contribution in [2.24, 2.45) is 0 Å². The summed E-state index contributed by atoms with van der Waals surface area (Å²) in [5.74, 6) is -3.20. The average molecular weight is 511 g/mol. The van der Waals surface area contributed by atoms with Crippen LogP contribution in [0.2, 0.25) is 5.02 Å². The third kappa shape index (κ3) is 5.31. The molecule has 0 radical (unpaired) electrons. The van der Waals surface area contributed by atoms with E-state index < -0.39 is 43.7 Å². The summed E-state index contributed by atoms with van der Waals surface area (Å²) >= 11 is 5.91. The SMILES string of the molecule is O=C(O/C(=C(\c1cc(F)ccc1F)S(=O)(=O)c1ccc(Cl)cc1)c1ccccc1)c1ccccc1. The number of ether oxygens (including phenoxy) is 1. The molecule has 0 aliphatic heterocycles. The molecule has 4 nitrogen and oxygen atoms in total. The van der Waals surface area contributed by atoms with Crippen LogP contribution < -0.4 is 0 Å². The summed E-state index contributed by atoms with van der Waals surface area (Å²) in [6.07, 6.45) is 0. The van der Waals surface area contributed by atoms with Gasteiger partial charge >= 0.3 is 5.97 Å². The number of esters is 1. The first-order valence-corrected chi connectivity index (χ1v) is 12.2. The summed E-state index contributed by atoms with van der Waals surface area (Å²) in [4.78, 5) is 12.0. The van der Waals surface area contributed by atoms with Crippen LogP contribution in [0.4, 0.5) is 8.78 Å². The predicted molar refractivity (Wildman–Crippen MR) is 130 cm³/mol. The van der Waals surface area contributed by atoms with Crippen molar-refractivity contribution < 1.29 is 26.7 Å². The van der Waals surface area contributed by atoms with Gasteiger partial charge in [-0.1, -0.05) is 60.1 Å².